The van der Waals surface area contributed by atoms with Crippen LogP contribution < -0.4 is 34.2 Å². The largest absolute Gasteiger partial charge is 0.397 e. The fraction of sp³-hybridized carbons (Fsp3) is 0. The second-order valence-corrected chi connectivity index (χ2v) is 25.6. The van der Waals surface area contributed by atoms with Crippen molar-refractivity contribution < 1.29 is 9.85 Å². The minimum absolute atomic E-state index is 0.249. The SMILES string of the molecule is Nc1cc(N)c(-n2c(=O)n(-c3ccccc3-c3ccccc3)c3ccccc32)cc1-n1c(=O)n(-c2ccccc2-c2ccccc2)c2ccccc21.O=c1n(-c2ccccc2-c2ccccc2)c2ccccc2n1-c1cc(-n2c(=O)n(-c3ccccc3-c3ccccc3)c3ccccc32)c([N+](=O)[O-])cc1[N+](=O)[O-]. The molecule has 20 heteroatoms. The molecule has 0 radical (unpaired) electrons. The quantitative estimate of drug-likeness (QED) is 0.0592. The molecule has 0 atom stereocenters. The van der Waals surface area contributed by atoms with Crippen LogP contribution >= 0.6 is 0 Å². The highest BCUT2D eigenvalue weighted by atomic mass is 16.6. The number of nitro groups is 2. The Morgan fingerprint density at radius 3 is 0.630 bits per heavy atom. The molecule has 0 saturated carbocycles. The third-order valence-electron chi connectivity index (χ3n) is 19.5. The molecule has 4 heterocycles. The smallest absolute Gasteiger partial charge is 0.338 e. The van der Waals surface area contributed by atoms with E-state index in [1.54, 1.807) is 103 Å². The molecule has 18 rings (SSSR count). The summed E-state index contributed by atoms with van der Waals surface area (Å²) < 4.78 is 11.9. The number of fused-ring (bicyclic) bond motifs is 4. The summed E-state index contributed by atoms with van der Waals surface area (Å²) in [5.41, 5.74) is 24.8. The van der Waals surface area contributed by atoms with Crippen LogP contribution in [0.1, 0.15) is 0 Å². The Balaban J connectivity index is 0.000000159. The number of imidazole rings is 4. The first-order valence-electron chi connectivity index (χ1n) is 34.5. The maximum atomic E-state index is 14.9. The highest BCUT2D eigenvalue weighted by Crippen LogP contribution is 2.40. The van der Waals surface area contributed by atoms with E-state index in [1.165, 1.54) is 24.3 Å². The van der Waals surface area contributed by atoms with Crippen molar-refractivity contribution in [1.82, 2.24) is 36.5 Å². The van der Waals surface area contributed by atoms with Gasteiger partial charge in [0.1, 0.15) is 11.4 Å². The highest BCUT2D eigenvalue weighted by Gasteiger charge is 2.33. The molecule has 0 aliphatic rings. The molecule has 108 heavy (non-hydrogen) atoms. The molecular weight excluding hydrogens is 1350 g/mol. The fourth-order valence-electron chi connectivity index (χ4n) is 14.8. The third-order valence-corrected chi connectivity index (χ3v) is 19.5. The van der Waals surface area contributed by atoms with Gasteiger partial charge in [-0.15, -0.1) is 0 Å². The Morgan fingerprint density at radius 1 is 0.213 bits per heavy atom. The molecule has 520 valence electrons. The van der Waals surface area contributed by atoms with Gasteiger partial charge in [-0.2, -0.15) is 0 Å². The monoisotopic (exact) mass is 1410 g/mol. The minimum atomic E-state index is -0.759. The zero-order chi connectivity index (χ0) is 73.8. The molecule has 0 spiro atoms. The van der Waals surface area contributed by atoms with Crippen molar-refractivity contribution in [2.45, 2.75) is 0 Å². The number of hydrogen-bond acceptors (Lipinski definition) is 10. The number of anilines is 2. The Kier molecular flexibility index (Phi) is 16.5. The van der Waals surface area contributed by atoms with Crippen LogP contribution in [0, 0.1) is 20.2 Å². The second-order valence-electron chi connectivity index (χ2n) is 25.6. The summed E-state index contributed by atoms with van der Waals surface area (Å²) in [6, 6.07) is 104. The number of hydrogen-bond donors (Lipinski definition) is 2. The van der Waals surface area contributed by atoms with Gasteiger partial charge in [0.05, 0.1) is 106 Å². The predicted molar refractivity (Wildman–Crippen MR) is 426 cm³/mol. The number of rotatable bonds is 14. The van der Waals surface area contributed by atoms with Crippen LogP contribution in [0.4, 0.5) is 22.7 Å². The average molecular weight is 1410 g/mol. The lowest BCUT2D eigenvalue weighted by Crippen LogP contribution is -2.25. The molecule has 0 amide bonds. The first kappa shape index (κ1) is 65.8. The normalized spacial score (nSPS) is 11.3. The fourth-order valence-corrected chi connectivity index (χ4v) is 14.8. The number of nitrogens with two attached hydrogens (primary N) is 2. The molecule has 0 aliphatic heterocycles. The first-order chi connectivity index (χ1) is 52.8. The van der Waals surface area contributed by atoms with Gasteiger partial charge in [-0.1, -0.05) is 243 Å². The van der Waals surface area contributed by atoms with Crippen molar-refractivity contribution in [3.8, 4) is 90.0 Å². The minimum Gasteiger partial charge on any atom is -0.397 e. The van der Waals surface area contributed by atoms with E-state index < -0.39 is 32.6 Å². The van der Waals surface area contributed by atoms with Crippen molar-refractivity contribution >= 4 is 66.9 Å². The maximum Gasteiger partial charge on any atom is 0.338 e. The summed E-state index contributed by atoms with van der Waals surface area (Å²) in [6.45, 7) is 0. The zero-order valence-electron chi connectivity index (χ0n) is 57.2. The van der Waals surface area contributed by atoms with Gasteiger partial charge in [0.25, 0.3) is 11.4 Å². The Hall–Kier alpha value is -15.4. The van der Waals surface area contributed by atoms with Crippen LogP contribution in [-0.2, 0) is 0 Å². The third kappa shape index (κ3) is 11.0. The number of nitro benzene ring substituents is 2. The lowest BCUT2D eigenvalue weighted by atomic mass is 10.0. The number of aromatic nitrogens is 8. The molecule has 0 unspecified atom stereocenters. The molecule has 14 aromatic carbocycles. The van der Waals surface area contributed by atoms with Gasteiger partial charge in [0.2, 0.25) is 0 Å². The van der Waals surface area contributed by atoms with E-state index in [1.807, 2.05) is 243 Å². The Labute approximate surface area is 613 Å². The molecule has 0 bridgehead atoms. The van der Waals surface area contributed by atoms with Crippen LogP contribution in [0.2, 0.25) is 0 Å². The first-order valence-corrected chi connectivity index (χ1v) is 34.5. The van der Waals surface area contributed by atoms with Crippen LogP contribution in [0.25, 0.3) is 134 Å². The lowest BCUT2D eigenvalue weighted by molar-refractivity contribution is -0.393. The van der Waals surface area contributed by atoms with E-state index in [0.29, 0.717) is 78.3 Å². The number of nitrogens with zero attached hydrogens (tertiary/aromatic N) is 10. The van der Waals surface area contributed by atoms with E-state index in [4.69, 9.17) is 11.5 Å². The van der Waals surface area contributed by atoms with Gasteiger partial charge in [0, 0.05) is 28.3 Å². The molecule has 20 nitrogen and oxygen atoms in total. The van der Waals surface area contributed by atoms with Gasteiger partial charge in [-0.25, -0.2) is 19.2 Å². The lowest BCUT2D eigenvalue weighted by Gasteiger charge is -2.14. The molecule has 18 aromatic rings. The molecule has 4 N–H and O–H groups in total. The molecule has 0 saturated heterocycles. The topological polar surface area (TPSA) is 246 Å². The summed E-state index contributed by atoms with van der Waals surface area (Å²) in [7, 11) is 0. The van der Waals surface area contributed by atoms with Gasteiger partial charge < -0.3 is 11.5 Å². The summed E-state index contributed by atoms with van der Waals surface area (Å²) in [4.78, 5) is 83.3. The van der Waals surface area contributed by atoms with E-state index in [9.17, 15) is 39.4 Å². The summed E-state index contributed by atoms with van der Waals surface area (Å²) in [5, 5.41) is 25.6. The Bertz CT molecular complexity index is 6480. The summed E-state index contributed by atoms with van der Waals surface area (Å²) in [6.07, 6.45) is 0. The zero-order valence-corrected chi connectivity index (χ0v) is 57.2. The molecular formula is C88H60N12O8. The summed E-state index contributed by atoms with van der Waals surface area (Å²) >= 11 is 0. The molecule has 0 aliphatic carbocycles. The number of para-hydroxylation sites is 12. The van der Waals surface area contributed by atoms with Crippen LogP contribution in [0.5, 0.6) is 0 Å². The van der Waals surface area contributed by atoms with Crippen LogP contribution in [0.3, 0.4) is 0 Å². The maximum absolute atomic E-state index is 14.9. The van der Waals surface area contributed by atoms with E-state index in [2.05, 4.69) is 0 Å². The number of benzene rings is 14. The van der Waals surface area contributed by atoms with Gasteiger partial charge in [0.15, 0.2) is 0 Å². The van der Waals surface area contributed by atoms with Crippen LogP contribution in [0.15, 0.2) is 359 Å². The highest BCUT2D eigenvalue weighted by molar-refractivity contribution is 5.91. The molecule has 0 fully saturated rings. The second kappa shape index (κ2) is 27.1. The van der Waals surface area contributed by atoms with Crippen molar-refractivity contribution in [1.29, 1.82) is 0 Å². The van der Waals surface area contributed by atoms with E-state index in [-0.39, 0.29) is 22.8 Å². The standard InChI is InChI=1S/C44H28N6O6.C44H32N6O2/c51-43-45(33-21-9-7-19-31(33)29-15-3-1-4-16-29)35-23-11-13-25-37(35)47(43)39-27-40(42(50(55)56)28-41(39)49(53)54)48-38-26-14-12-24-36(38)46(44(48)52)34-22-10-8-20-32(34)30-17-5-2-6-18-30;45-33-27-34(46)42(50-40-26-14-12-24-38(40)48(44(50)52)36-22-10-8-20-32(36)30-17-5-2-6-18-30)28-41(33)49-39-25-13-11-23-37(39)47(43(49)51)35-21-9-7-19-31(35)29-15-3-1-4-16-29/h1-28H;1-28H,45-46H2. The average Bonchev–Trinajstić information content (AvgIpc) is 1.57. The van der Waals surface area contributed by atoms with Crippen molar-refractivity contribution in [2.24, 2.45) is 0 Å². The van der Waals surface area contributed by atoms with Crippen molar-refractivity contribution in [3.05, 3.63) is 402 Å². The van der Waals surface area contributed by atoms with Crippen LogP contribution in [-0.4, -0.2) is 46.4 Å². The van der Waals surface area contributed by atoms with Gasteiger partial charge in [-0.05, 0) is 107 Å². The number of nitrogen functional groups attached to an aromatic ring is 2. The van der Waals surface area contributed by atoms with E-state index in [0.717, 1.165) is 61.9 Å². The predicted octanol–water partition coefficient (Wildman–Crippen LogP) is 17.4. The van der Waals surface area contributed by atoms with E-state index >= 15 is 0 Å². The summed E-state index contributed by atoms with van der Waals surface area (Å²) in [5.74, 6) is 0. The van der Waals surface area contributed by atoms with Crippen molar-refractivity contribution in [3.63, 3.8) is 0 Å². The Morgan fingerprint density at radius 2 is 0.398 bits per heavy atom. The van der Waals surface area contributed by atoms with Crippen molar-refractivity contribution in [2.75, 3.05) is 11.5 Å². The molecule has 4 aromatic heterocycles. The van der Waals surface area contributed by atoms with Gasteiger partial charge in [-0.3, -0.25) is 56.8 Å². The van der Waals surface area contributed by atoms with Gasteiger partial charge >= 0.3 is 22.8 Å².